The Morgan fingerprint density at radius 2 is 1.83 bits per heavy atom. The molecule has 2 aromatic rings. The monoisotopic (exact) mass is 239 g/mol. The van der Waals surface area contributed by atoms with Gasteiger partial charge in [-0.1, -0.05) is 45.0 Å². The van der Waals surface area contributed by atoms with E-state index < -0.39 is 0 Å². The van der Waals surface area contributed by atoms with E-state index in [9.17, 15) is 0 Å². The Balaban J connectivity index is 2.26. The topological polar surface area (TPSA) is 41.6 Å². The summed E-state index contributed by atoms with van der Waals surface area (Å²) < 4.78 is 1.65. The molecule has 0 aliphatic rings. The van der Waals surface area contributed by atoms with E-state index in [1.165, 1.54) is 5.56 Å². The minimum absolute atomic E-state index is 0.170. The van der Waals surface area contributed by atoms with Crippen molar-refractivity contribution in [2.45, 2.75) is 32.7 Å². The molecule has 18 heavy (non-hydrogen) atoms. The number of nitriles is 1. The van der Waals surface area contributed by atoms with E-state index in [1.54, 1.807) is 10.9 Å². The largest absolute Gasteiger partial charge is 0.258 e. The Labute approximate surface area is 108 Å². The Hall–Kier alpha value is -2.08. The highest BCUT2D eigenvalue weighted by molar-refractivity contribution is 5.62. The second-order valence-electron chi connectivity index (χ2n) is 5.41. The first kappa shape index (κ1) is 12.4. The zero-order valence-electron chi connectivity index (χ0n) is 11.0. The Bertz CT molecular complexity index is 565. The average Bonchev–Trinajstić information content (AvgIpc) is 2.77. The molecule has 1 heterocycles. The lowest BCUT2D eigenvalue weighted by Crippen LogP contribution is -2.10. The highest BCUT2D eigenvalue weighted by Crippen LogP contribution is 2.25. The smallest absolute Gasteiger partial charge is 0.128 e. The molecular weight excluding hydrogens is 222 g/mol. The molecule has 1 aromatic carbocycles. The molecule has 0 amide bonds. The van der Waals surface area contributed by atoms with Gasteiger partial charge in [-0.25, -0.2) is 0 Å². The first-order valence-corrected chi connectivity index (χ1v) is 6.01. The van der Waals surface area contributed by atoms with E-state index in [-0.39, 0.29) is 5.41 Å². The minimum atomic E-state index is 0.170. The summed E-state index contributed by atoms with van der Waals surface area (Å²) >= 11 is 0. The molecule has 0 aliphatic carbocycles. The van der Waals surface area contributed by atoms with Crippen molar-refractivity contribution in [3.05, 3.63) is 42.2 Å². The molecule has 92 valence electrons. The zero-order chi connectivity index (χ0) is 13.2. The van der Waals surface area contributed by atoms with Crippen molar-refractivity contribution in [2.75, 3.05) is 0 Å². The first-order chi connectivity index (χ1) is 8.50. The van der Waals surface area contributed by atoms with Crippen LogP contribution >= 0.6 is 0 Å². The molecule has 0 spiro atoms. The second-order valence-corrected chi connectivity index (χ2v) is 5.41. The summed E-state index contributed by atoms with van der Waals surface area (Å²) in [5, 5.41) is 12.8. The molecule has 0 saturated carbocycles. The van der Waals surface area contributed by atoms with E-state index in [4.69, 9.17) is 5.26 Å². The summed E-state index contributed by atoms with van der Waals surface area (Å²) in [4.78, 5) is 0. The van der Waals surface area contributed by atoms with Crippen molar-refractivity contribution >= 4 is 0 Å². The summed E-state index contributed by atoms with van der Waals surface area (Å²) in [6, 6.07) is 10.6. The number of benzene rings is 1. The van der Waals surface area contributed by atoms with Crippen LogP contribution in [0.2, 0.25) is 0 Å². The van der Waals surface area contributed by atoms with Crippen LogP contribution in [0, 0.1) is 11.3 Å². The predicted octanol–water partition coefficient (Wildman–Crippen LogP) is 3.37. The van der Waals surface area contributed by atoms with Gasteiger partial charge >= 0.3 is 0 Å². The first-order valence-electron chi connectivity index (χ1n) is 6.01. The van der Waals surface area contributed by atoms with Crippen LogP contribution in [0.5, 0.6) is 0 Å². The van der Waals surface area contributed by atoms with Crippen molar-refractivity contribution in [2.24, 2.45) is 0 Å². The van der Waals surface area contributed by atoms with Crippen LogP contribution < -0.4 is 0 Å². The molecule has 1 aromatic heterocycles. The van der Waals surface area contributed by atoms with Gasteiger partial charge in [-0.05, 0) is 16.5 Å². The molecule has 0 aliphatic heterocycles. The third-order valence-electron chi connectivity index (χ3n) is 2.95. The van der Waals surface area contributed by atoms with Crippen LogP contribution in [0.1, 0.15) is 26.3 Å². The summed E-state index contributed by atoms with van der Waals surface area (Å²) in [6.45, 7) is 6.90. The molecule has 2 rings (SSSR count). The molecule has 3 nitrogen and oxygen atoms in total. The van der Waals surface area contributed by atoms with Crippen LogP contribution in [-0.2, 0) is 12.0 Å². The van der Waals surface area contributed by atoms with Gasteiger partial charge in [0, 0.05) is 11.8 Å². The lowest BCUT2D eigenvalue weighted by molar-refractivity contribution is 0.590. The number of aromatic nitrogens is 2. The van der Waals surface area contributed by atoms with Gasteiger partial charge in [-0.2, -0.15) is 10.4 Å². The van der Waals surface area contributed by atoms with Crippen molar-refractivity contribution < 1.29 is 0 Å². The molecular formula is C15H17N3. The Morgan fingerprint density at radius 1 is 1.17 bits per heavy atom. The molecule has 0 radical (unpaired) electrons. The fourth-order valence-electron chi connectivity index (χ4n) is 1.83. The zero-order valence-corrected chi connectivity index (χ0v) is 11.0. The standard InChI is InChI=1S/C15H17N3/c1-15(2,3)14-6-4-12(5-7-14)13-10-17-18(11-13)9-8-16/h4-7,10-11H,9H2,1-3H3. The van der Waals surface area contributed by atoms with E-state index in [0.717, 1.165) is 11.1 Å². The van der Waals surface area contributed by atoms with Gasteiger partial charge in [0.15, 0.2) is 0 Å². The SMILES string of the molecule is CC(C)(C)c1ccc(-c2cnn(CC#N)c2)cc1. The van der Waals surface area contributed by atoms with Crippen LogP contribution in [0.15, 0.2) is 36.7 Å². The van der Waals surface area contributed by atoms with Gasteiger partial charge in [0.25, 0.3) is 0 Å². The molecule has 0 atom stereocenters. The molecule has 0 unspecified atom stereocenters. The quantitative estimate of drug-likeness (QED) is 0.806. The third kappa shape index (κ3) is 2.60. The van der Waals surface area contributed by atoms with Crippen molar-refractivity contribution in [3.63, 3.8) is 0 Å². The van der Waals surface area contributed by atoms with Crippen LogP contribution in [0.4, 0.5) is 0 Å². The summed E-state index contributed by atoms with van der Waals surface area (Å²) in [6.07, 6.45) is 3.69. The van der Waals surface area contributed by atoms with Gasteiger partial charge in [-0.15, -0.1) is 0 Å². The van der Waals surface area contributed by atoms with E-state index in [0.29, 0.717) is 6.54 Å². The normalized spacial score (nSPS) is 11.2. The van der Waals surface area contributed by atoms with Gasteiger partial charge in [0.05, 0.1) is 12.3 Å². The van der Waals surface area contributed by atoms with Crippen molar-refractivity contribution in [1.29, 1.82) is 5.26 Å². The number of nitrogens with zero attached hydrogens (tertiary/aromatic N) is 3. The molecule has 0 fully saturated rings. The van der Waals surface area contributed by atoms with Crippen LogP contribution in [0.25, 0.3) is 11.1 Å². The highest BCUT2D eigenvalue weighted by Gasteiger charge is 2.13. The summed E-state index contributed by atoms with van der Waals surface area (Å²) in [5.41, 5.74) is 3.66. The van der Waals surface area contributed by atoms with Crippen molar-refractivity contribution in [1.82, 2.24) is 9.78 Å². The maximum absolute atomic E-state index is 8.61. The van der Waals surface area contributed by atoms with Gasteiger partial charge in [0.2, 0.25) is 0 Å². The molecule has 0 bridgehead atoms. The molecule has 3 heteroatoms. The Kier molecular flexibility index (Phi) is 3.20. The number of rotatable bonds is 2. The summed E-state index contributed by atoms with van der Waals surface area (Å²) in [5.74, 6) is 0. The molecule has 0 saturated heterocycles. The fourth-order valence-corrected chi connectivity index (χ4v) is 1.83. The third-order valence-corrected chi connectivity index (χ3v) is 2.95. The predicted molar refractivity (Wildman–Crippen MR) is 72.0 cm³/mol. The lowest BCUT2D eigenvalue weighted by Gasteiger charge is -2.18. The molecule has 0 N–H and O–H groups in total. The maximum atomic E-state index is 8.61. The highest BCUT2D eigenvalue weighted by atomic mass is 15.3. The number of hydrogen-bond donors (Lipinski definition) is 0. The average molecular weight is 239 g/mol. The van der Waals surface area contributed by atoms with Crippen LogP contribution in [-0.4, -0.2) is 9.78 Å². The van der Waals surface area contributed by atoms with E-state index in [1.807, 2.05) is 6.20 Å². The van der Waals surface area contributed by atoms with Gasteiger partial charge in [0.1, 0.15) is 6.54 Å². The van der Waals surface area contributed by atoms with Gasteiger partial charge in [-0.3, -0.25) is 4.68 Å². The maximum Gasteiger partial charge on any atom is 0.128 e. The fraction of sp³-hybridized carbons (Fsp3) is 0.333. The van der Waals surface area contributed by atoms with Crippen molar-refractivity contribution in [3.8, 4) is 17.2 Å². The van der Waals surface area contributed by atoms with Gasteiger partial charge < -0.3 is 0 Å². The second kappa shape index (κ2) is 4.66. The van der Waals surface area contributed by atoms with E-state index >= 15 is 0 Å². The number of hydrogen-bond acceptors (Lipinski definition) is 2. The van der Waals surface area contributed by atoms with Crippen LogP contribution in [0.3, 0.4) is 0 Å². The van der Waals surface area contributed by atoms with E-state index in [2.05, 4.69) is 56.2 Å². The minimum Gasteiger partial charge on any atom is -0.258 e. The Morgan fingerprint density at radius 3 is 2.39 bits per heavy atom. The summed E-state index contributed by atoms with van der Waals surface area (Å²) in [7, 11) is 0. The lowest BCUT2D eigenvalue weighted by atomic mass is 9.86.